The van der Waals surface area contributed by atoms with Crippen molar-refractivity contribution in [3.05, 3.63) is 29.8 Å². The van der Waals surface area contributed by atoms with E-state index in [9.17, 15) is 0 Å². The highest BCUT2D eigenvalue weighted by Crippen LogP contribution is 2.32. The van der Waals surface area contributed by atoms with Crippen molar-refractivity contribution < 1.29 is 4.74 Å². The third kappa shape index (κ3) is 0.703. The molecule has 0 bridgehead atoms. The van der Waals surface area contributed by atoms with E-state index in [-0.39, 0.29) is 0 Å². The van der Waals surface area contributed by atoms with E-state index >= 15 is 0 Å². The van der Waals surface area contributed by atoms with Crippen molar-refractivity contribution in [3.63, 3.8) is 0 Å². The molecule has 0 aliphatic carbocycles. The van der Waals surface area contributed by atoms with E-state index in [2.05, 4.69) is 19.1 Å². The summed E-state index contributed by atoms with van der Waals surface area (Å²) in [6.07, 6.45) is 0. The van der Waals surface area contributed by atoms with Crippen LogP contribution in [0, 0.1) is 0 Å². The van der Waals surface area contributed by atoms with Gasteiger partial charge in [0, 0.05) is 11.5 Å². The Morgan fingerprint density at radius 2 is 2.20 bits per heavy atom. The molecule has 0 radical (unpaired) electrons. The molecule has 1 unspecified atom stereocenters. The predicted octanol–water partition coefficient (Wildman–Crippen LogP) is 2.18. The first kappa shape index (κ1) is 5.78. The van der Waals surface area contributed by atoms with Gasteiger partial charge in [0.15, 0.2) is 0 Å². The first-order chi connectivity index (χ1) is 4.88. The first-order valence-corrected chi connectivity index (χ1v) is 3.59. The van der Waals surface area contributed by atoms with Gasteiger partial charge in [-0.15, -0.1) is 0 Å². The molecule has 52 valence electrons. The minimum Gasteiger partial charge on any atom is -0.493 e. The van der Waals surface area contributed by atoms with E-state index in [4.69, 9.17) is 4.74 Å². The highest BCUT2D eigenvalue weighted by molar-refractivity contribution is 5.38. The second kappa shape index (κ2) is 2.01. The van der Waals surface area contributed by atoms with Crippen molar-refractivity contribution in [3.8, 4) is 5.75 Å². The van der Waals surface area contributed by atoms with Crippen LogP contribution in [0.3, 0.4) is 0 Å². The van der Waals surface area contributed by atoms with E-state index in [0.29, 0.717) is 5.92 Å². The molecule has 1 aromatic rings. The lowest BCUT2D eigenvalue weighted by molar-refractivity contribution is 0.337. The molecule has 1 aliphatic rings. The summed E-state index contributed by atoms with van der Waals surface area (Å²) in [5, 5.41) is 0. The Kier molecular flexibility index (Phi) is 1.16. The van der Waals surface area contributed by atoms with Crippen LogP contribution in [0.2, 0.25) is 0 Å². The Morgan fingerprint density at radius 1 is 1.40 bits per heavy atom. The minimum atomic E-state index is 0.580. The molecule has 0 spiro atoms. The van der Waals surface area contributed by atoms with Gasteiger partial charge in [0.1, 0.15) is 5.75 Å². The molecule has 1 atom stereocenters. The summed E-state index contributed by atoms with van der Waals surface area (Å²) in [6, 6.07) is 8.23. The van der Waals surface area contributed by atoms with Gasteiger partial charge in [-0.1, -0.05) is 25.1 Å². The molecule has 1 aliphatic heterocycles. The summed E-state index contributed by atoms with van der Waals surface area (Å²) < 4.78 is 5.41. The Morgan fingerprint density at radius 3 is 3.00 bits per heavy atom. The second-order valence-corrected chi connectivity index (χ2v) is 2.75. The smallest absolute Gasteiger partial charge is 0.122 e. The molecule has 0 saturated carbocycles. The number of hydrogen-bond acceptors (Lipinski definition) is 1. The molecule has 1 heterocycles. The van der Waals surface area contributed by atoms with Gasteiger partial charge in [0.05, 0.1) is 6.61 Å². The van der Waals surface area contributed by atoms with Crippen molar-refractivity contribution in [2.45, 2.75) is 12.8 Å². The van der Waals surface area contributed by atoms with E-state index in [1.54, 1.807) is 0 Å². The molecular formula is C9H10O. The maximum atomic E-state index is 5.41. The quantitative estimate of drug-likeness (QED) is 0.528. The summed E-state index contributed by atoms with van der Waals surface area (Å²) in [4.78, 5) is 0. The molecular weight excluding hydrogens is 124 g/mol. The van der Waals surface area contributed by atoms with E-state index in [1.807, 2.05) is 12.1 Å². The monoisotopic (exact) mass is 134 g/mol. The predicted molar refractivity (Wildman–Crippen MR) is 40.4 cm³/mol. The van der Waals surface area contributed by atoms with Crippen LogP contribution in [0.1, 0.15) is 18.4 Å². The van der Waals surface area contributed by atoms with Gasteiger partial charge >= 0.3 is 0 Å². The SMILES string of the molecule is CC1COc2ccccc21. The maximum absolute atomic E-state index is 5.41. The number of fused-ring (bicyclic) bond motifs is 1. The topological polar surface area (TPSA) is 9.23 Å². The molecule has 0 aromatic heterocycles. The molecule has 1 heteroatoms. The summed E-state index contributed by atoms with van der Waals surface area (Å²) in [7, 11) is 0. The van der Waals surface area contributed by atoms with Crippen LogP contribution >= 0.6 is 0 Å². The standard InChI is InChI=1S/C9H10O/c1-7-6-10-9-5-3-2-4-8(7)9/h2-5,7H,6H2,1H3. The number of hydrogen-bond donors (Lipinski definition) is 0. The number of para-hydroxylation sites is 1. The van der Waals surface area contributed by atoms with Crippen LogP contribution in [0.4, 0.5) is 0 Å². The normalized spacial score (nSPS) is 21.9. The van der Waals surface area contributed by atoms with Gasteiger partial charge in [-0.2, -0.15) is 0 Å². The molecule has 1 nitrogen and oxygen atoms in total. The summed E-state index contributed by atoms with van der Waals surface area (Å²) in [5.41, 5.74) is 1.35. The Hall–Kier alpha value is -0.980. The number of benzene rings is 1. The van der Waals surface area contributed by atoms with Crippen molar-refractivity contribution in [2.24, 2.45) is 0 Å². The van der Waals surface area contributed by atoms with Crippen molar-refractivity contribution in [1.29, 1.82) is 0 Å². The molecule has 10 heavy (non-hydrogen) atoms. The lowest BCUT2D eigenvalue weighted by Gasteiger charge is -1.96. The average molecular weight is 134 g/mol. The van der Waals surface area contributed by atoms with E-state index in [1.165, 1.54) is 5.56 Å². The third-order valence-corrected chi connectivity index (χ3v) is 1.94. The second-order valence-electron chi connectivity index (χ2n) is 2.75. The van der Waals surface area contributed by atoms with Crippen LogP contribution in [0.25, 0.3) is 0 Å². The Labute approximate surface area is 60.6 Å². The van der Waals surface area contributed by atoms with Gasteiger partial charge in [0.25, 0.3) is 0 Å². The van der Waals surface area contributed by atoms with Crippen LogP contribution in [-0.4, -0.2) is 6.61 Å². The molecule has 1 aromatic carbocycles. The van der Waals surface area contributed by atoms with Gasteiger partial charge in [-0.25, -0.2) is 0 Å². The van der Waals surface area contributed by atoms with Crippen LogP contribution < -0.4 is 4.74 Å². The van der Waals surface area contributed by atoms with Crippen molar-refractivity contribution >= 4 is 0 Å². The zero-order valence-electron chi connectivity index (χ0n) is 6.00. The highest BCUT2D eigenvalue weighted by atomic mass is 16.5. The first-order valence-electron chi connectivity index (χ1n) is 3.59. The van der Waals surface area contributed by atoms with Crippen LogP contribution in [0.5, 0.6) is 5.75 Å². The van der Waals surface area contributed by atoms with Crippen LogP contribution in [0.15, 0.2) is 24.3 Å². The van der Waals surface area contributed by atoms with Crippen molar-refractivity contribution in [2.75, 3.05) is 6.61 Å². The number of ether oxygens (including phenoxy) is 1. The summed E-state index contributed by atoms with van der Waals surface area (Å²) >= 11 is 0. The fraction of sp³-hybridized carbons (Fsp3) is 0.333. The lowest BCUT2D eigenvalue weighted by atomic mass is 10.0. The van der Waals surface area contributed by atoms with Gasteiger partial charge in [-0.3, -0.25) is 0 Å². The van der Waals surface area contributed by atoms with E-state index in [0.717, 1.165) is 12.4 Å². The fourth-order valence-corrected chi connectivity index (χ4v) is 1.32. The molecule has 0 fully saturated rings. The minimum absolute atomic E-state index is 0.580. The van der Waals surface area contributed by atoms with Crippen molar-refractivity contribution in [1.82, 2.24) is 0 Å². The number of rotatable bonds is 0. The maximum Gasteiger partial charge on any atom is 0.122 e. The summed E-state index contributed by atoms with van der Waals surface area (Å²) in [5.74, 6) is 1.64. The van der Waals surface area contributed by atoms with E-state index < -0.39 is 0 Å². The molecule has 0 amide bonds. The Bertz CT molecular complexity index is 242. The van der Waals surface area contributed by atoms with Gasteiger partial charge in [-0.05, 0) is 6.07 Å². The molecule has 0 saturated heterocycles. The van der Waals surface area contributed by atoms with Gasteiger partial charge in [0.2, 0.25) is 0 Å². The summed E-state index contributed by atoms with van der Waals surface area (Å²) in [6.45, 7) is 3.03. The molecule has 2 rings (SSSR count). The Balaban J connectivity index is 2.51. The fourth-order valence-electron chi connectivity index (χ4n) is 1.32. The highest BCUT2D eigenvalue weighted by Gasteiger charge is 2.17. The zero-order chi connectivity index (χ0) is 6.97. The average Bonchev–Trinajstić information content (AvgIpc) is 2.34. The van der Waals surface area contributed by atoms with Gasteiger partial charge < -0.3 is 4.74 Å². The largest absolute Gasteiger partial charge is 0.493 e. The van der Waals surface area contributed by atoms with Crippen LogP contribution in [-0.2, 0) is 0 Å². The zero-order valence-corrected chi connectivity index (χ0v) is 6.00. The third-order valence-electron chi connectivity index (χ3n) is 1.94. The molecule has 0 N–H and O–H groups in total. The lowest BCUT2D eigenvalue weighted by Crippen LogP contribution is -1.93.